The molecule has 3 N–H and O–H groups in total. The first kappa shape index (κ1) is 11.5. The van der Waals surface area contributed by atoms with Crippen molar-refractivity contribution in [1.29, 1.82) is 0 Å². The number of aromatic nitrogens is 2. The maximum Gasteiger partial charge on any atom is 0.320 e. The molecule has 2 rings (SSSR count). The molecule has 1 aromatic heterocycles. The molecular formula is C10H10F2N4O. The van der Waals surface area contributed by atoms with Crippen LogP contribution in [0.4, 0.5) is 20.5 Å². The summed E-state index contributed by atoms with van der Waals surface area (Å²) < 4.78 is 31.1. The van der Waals surface area contributed by atoms with E-state index in [0.717, 1.165) is 12.1 Å². The predicted molar refractivity (Wildman–Crippen MR) is 56.5 cm³/mol. The molecule has 7 heteroatoms. The summed E-state index contributed by atoms with van der Waals surface area (Å²) in [6.07, 6.45) is 0. The van der Waals surface area contributed by atoms with E-state index in [-0.39, 0.29) is 17.6 Å². The summed E-state index contributed by atoms with van der Waals surface area (Å²) in [6.45, 7) is 1.68. The number of benzene rings is 1. The van der Waals surface area contributed by atoms with Gasteiger partial charge in [-0.2, -0.15) is 0 Å². The largest absolute Gasteiger partial charge is 0.406 e. The minimum absolute atomic E-state index is 0.00260. The molecule has 2 aromatic rings. The molecule has 0 aliphatic heterocycles. The Bertz CT molecular complexity index is 527. The van der Waals surface area contributed by atoms with E-state index in [1.807, 2.05) is 0 Å². The molecule has 1 unspecified atom stereocenters. The van der Waals surface area contributed by atoms with E-state index in [2.05, 4.69) is 15.5 Å². The van der Waals surface area contributed by atoms with Gasteiger partial charge in [0.1, 0.15) is 11.6 Å². The second-order valence-electron chi connectivity index (χ2n) is 3.48. The second-order valence-corrected chi connectivity index (χ2v) is 3.48. The van der Waals surface area contributed by atoms with E-state index >= 15 is 0 Å². The molecule has 0 bridgehead atoms. The fourth-order valence-electron chi connectivity index (χ4n) is 1.18. The number of hydrogen-bond donors (Lipinski definition) is 2. The van der Waals surface area contributed by atoms with Crippen molar-refractivity contribution in [3.05, 3.63) is 35.7 Å². The van der Waals surface area contributed by atoms with Crippen LogP contribution in [0.25, 0.3) is 0 Å². The van der Waals surface area contributed by atoms with Gasteiger partial charge in [-0.15, -0.1) is 5.10 Å². The van der Waals surface area contributed by atoms with Crippen molar-refractivity contribution in [2.45, 2.75) is 13.0 Å². The number of hydrogen-bond acceptors (Lipinski definition) is 5. The van der Waals surface area contributed by atoms with E-state index < -0.39 is 17.7 Å². The Hall–Kier alpha value is -2.02. The zero-order valence-corrected chi connectivity index (χ0v) is 8.95. The van der Waals surface area contributed by atoms with Gasteiger partial charge in [0.25, 0.3) is 0 Å². The van der Waals surface area contributed by atoms with Crippen molar-refractivity contribution in [2.75, 3.05) is 5.32 Å². The number of halogens is 2. The Labute approximate surface area is 95.6 Å². The van der Waals surface area contributed by atoms with Gasteiger partial charge in [0.2, 0.25) is 5.89 Å². The van der Waals surface area contributed by atoms with E-state index in [1.54, 1.807) is 6.92 Å². The third-order valence-electron chi connectivity index (χ3n) is 2.00. The smallest absolute Gasteiger partial charge is 0.320 e. The summed E-state index contributed by atoms with van der Waals surface area (Å²) in [5.74, 6) is -1.17. The Morgan fingerprint density at radius 3 is 2.71 bits per heavy atom. The number of anilines is 2. The van der Waals surface area contributed by atoms with Gasteiger partial charge in [0.05, 0.1) is 11.7 Å². The van der Waals surface area contributed by atoms with Gasteiger partial charge in [-0.3, -0.25) is 0 Å². The van der Waals surface area contributed by atoms with Crippen molar-refractivity contribution in [2.24, 2.45) is 5.73 Å². The topological polar surface area (TPSA) is 77.0 Å². The highest BCUT2D eigenvalue weighted by molar-refractivity contribution is 5.52. The molecule has 1 heterocycles. The lowest BCUT2D eigenvalue weighted by Crippen LogP contribution is -2.04. The molecule has 0 spiro atoms. The molecule has 0 saturated heterocycles. The van der Waals surface area contributed by atoms with Crippen LogP contribution in [0.3, 0.4) is 0 Å². The van der Waals surface area contributed by atoms with E-state index in [4.69, 9.17) is 10.2 Å². The van der Waals surface area contributed by atoms with Crippen molar-refractivity contribution in [3.8, 4) is 0 Å². The molecule has 5 nitrogen and oxygen atoms in total. The van der Waals surface area contributed by atoms with Crippen molar-refractivity contribution < 1.29 is 13.2 Å². The summed E-state index contributed by atoms with van der Waals surface area (Å²) in [7, 11) is 0. The van der Waals surface area contributed by atoms with Gasteiger partial charge in [0, 0.05) is 6.07 Å². The zero-order chi connectivity index (χ0) is 12.4. The van der Waals surface area contributed by atoms with Crippen LogP contribution >= 0.6 is 0 Å². The number of nitrogens with two attached hydrogens (primary N) is 1. The Morgan fingerprint density at radius 2 is 2.12 bits per heavy atom. The van der Waals surface area contributed by atoms with Gasteiger partial charge < -0.3 is 15.5 Å². The summed E-state index contributed by atoms with van der Waals surface area (Å²) in [5, 5.41) is 9.82. The van der Waals surface area contributed by atoms with Crippen molar-refractivity contribution in [3.63, 3.8) is 0 Å². The van der Waals surface area contributed by atoms with Gasteiger partial charge in [-0.05, 0) is 19.1 Å². The van der Waals surface area contributed by atoms with Gasteiger partial charge in [0.15, 0.2) is 0 Å². The molecule has 0 radical (unpaired) electrons. The van der Waals surface area contributed by atoms with Gasteiger partial charge >= 0.3 is 6.01 Å². The summed E-state index contributed by atoms with van der Waals surface area (Å²) in [5.41, 5.74) is 5.57. The summed E-state index contributed by atoms with van der Waals surface area (Å²) in [4.78, 5) is 0. The van der Waals surface area contributed by atoms with Crippen LogP contribution < -0.4 is 11.1 Å². The molecule has 90 valence electrons. The third kappa shape index (κ3) is 2.56. The minimum atomic E-state index is -0.745. The highest BCUT2D eigenvalue weighted by atomic mass is 19.1. The van der Waals surface area contributed by atoms with Crippen LogP contribution in [0.5, 0.6) is 0 Å². The summed E-state index contributed by atoms with van der Waals surface area (Å²) >= 11 is 0. The lowest BCUT2D eigenvalue weighted by atomic mass is 10.3. The summed E-state index contributed by atoms with van der Waals surface area (Å²) in [6, 6.07) is 2.71. The predicted octanol–water partition coefficient (Wildman–Crippen LogP) is 2.11. The average molecular weight is 240 g/mol. The fraction of sp³-hybridized carbons (Fsp3) is 0.200. The average Bonchev–Trinajstić information content (AvgIpc) is 2.71. The molecule has 1 atom stereocenters. The Balaban J connectivity index is 2.19. The van der Waals surface area contributed by atoms with Crippen molar-refractivity contribution in [1.82, 2.24) is 10.2 Å². The standard InChI is InChI=1S/C10H10F2N4O/c1-5(13)9-15-16-10(17-9)14-8-3-2-6(11)4-7(8)12/h2-5H,13H2,1H3,(H,14,16). The lowest BCUT2D eigenvalue weighted by Gasteiger charge is -2.02. The van der Waals surface area contributed by atoms with Crippen LogP contribution in [0.15, 0.2) is 22.6 Å². The monoisotopic (exact) mass is 240 g/mol. The first-order valence-electron chi connectivity index (χ1n) is 4.87. The zero-order valence-electron chi connectivity index (χ0n) is 8.95. The van der Waals surface area contributed by atoms with Crippen LogP contribution in [0.2, 0.25) is 0 Å². The van der Waals surface area contributed by atoms with E-state index in [9.17, 15) is 8.78 Å². The molecule has 17 heavy (non-hydrogen) atoms. The fourth-order valence-corrected chi connectivity index (χ4v) is 1.18. The number of nitrogens with one attached hydrogen (secondary N) is 1. The molecule has 0 aliphatic rings. The second kappa shape index (κ2) is 4.46. The number of nitrogens with zero attached hydrogens (tertiary/aromatic N) is 2. The number of rotatable bonds is 3. The van der Waals surface area contributed by atoms with Crippen molar-refractivity contribution >= 4 is 11.7 Å². The highest BCUT2D eigenvalue weighted by Gasteiger charge is 2.11. The lowest BCUT2D eigenvalue weighted by molar-refractivity contribution is 0.475. The molecule has 0 amide bonds. The minimum Gasteiger partial charge on any atom is -0.406 e. The first-order valence-corrected chi connectivity index (χ1v) is 4.87. The Kier molecular flexibility index (Phi) is 3.01. The van der Waals surface area contributed by atoms with Crippen LogP contribution in [-0.2, 0) is 0 Å². The maximum absolute atomic E-state index is 13.3. The van der Waals surface area contributed by atoms with Crippen LogP contribution in [0.1, 0.15) is 18.9 Å². The van der Waals surface area contributed by atoms with Crippen LogP contribution in [-0.4, -0.2) is 10.2 Å². The van der Waals surface area contributed by atoms with Gasteiger partial charge in [-0.1, -0.05) is 5.10 Å². The third-order valence-corrected chi connectivity index (χ3v) is 2.00. The van der Waals surface area contributed by atoms with E-state index in [1.165, 1.54) is 6.07 Å². The molecule has 1 aromatic carbocycles. The highest BCUT2D eigenvalue weighted by Crippen LogP contribution is 2.20. The first-order chi connectivity index (χ1) is 8.06. The molecule has 0 aliphatic carbocycles. The molecule has 0 saturated carbocycles. The Morgan fingerprint density at radius 1 is 1.35 bits per heavy atom. The maximum atomic E-state index is 13.3. The quantitative estimate of drug-likeness (QED) is 0.859. The van der Waals surface area contributed by atoms with Gasteiger partial charge in [-0.25, -0.2) is 8.78 Å². The SMILES string of the molecule is CC(N)c1nnc(Nc2ccc(F)cc2F)o1. The normalized spacial score (nSPS) is 12.5. The molecular weight excluding hydrogens is 230 g/mol. The van der Waals surface area contributed by atoms with Crippen LogP contribution in [0, 0.1) is 11.6 Å². The van der Waals surface area contributed by atoms with E-state index in [0.29, 0.717) is 0 Å². The molecule has 0 fully saturated rings.